The maximum atomic E-state index is 12.8. The summed E-state index contributed by atoms with van der Waals surface area (Å²) in [7, 11) is -3.45. The molecule has 0 unspecified atom stereocenters. The van der Waals surface area contributed by atoms with Crippen molar-refractivity contribution in [2.75, 3.05) is 26.2 Å². The number of fused-ring (bicyclic) bond motifs is 1. The summed E-state index contributed by atoms with van der Waals surface area (Å²) in [5.74, 6) is -2.51. The van der Waals surface area contributed by atoms with Crippen LogP contribution in [0.2, 0.25) is 0 Å². The largest absolute Gasteiger partial charge is 0.478 e. The number of carbonyl (C=O) groups is 2. The van der Waals surface area contributed by atoms with Gasteiger partial charge in [-0.05, 0) is 25.1 Å². The molecule has 3 N–H and O–H groups in total. The number of carboxylic acids is 2. The molecule has 28 heavy (non-hydrogen) atoms. The van der Waals surface area contributed by atoms with Crippen molar-refractivity contribution in [2.24, 2.45) is 0 Å². The van der Waals surface area contributed by atoms with Gasteiger partial charge in [0.15, 0.2) is 0 Å². The van der Waals surface area contributed by atoms with Crippen molar-refractivity contribution in [3.8, 4) is 0 Å². The third kappa shape index (κ3) is 5.84. The van der Waals surface area contributed by atoms with E-state index in [1.807, 2.05) is 6.07 Å². The van der Waals surface area contributed by atoms with Gasteiger partial charge in [-0.15, -0.1) is 0 Å². The van der Waals surface area contributed by atoms with Gasteiger partial charge in [0.25, 0.3) is 0 Å². The number of benzene rings is 1. The zero-order valence-corrected chi connectivity index (χ0v) is 15.8. The molecule has 9 nitrogen and oxygen atoms in total. The number of hydrogen-bond acceptors (Lipinski definition) is 6. The number of carboxylic acid groups (broad SMARTS) is 2. The molecule has 0 radical (unpaired) electrons. The van der Waals surface area contributed by atoms with Crippen LogP contribution < -0.4 is 5.32 Å². The molecular formula is C18H21N3O6S. The first-order chi connectivity index (χ1) is 13.3. The number of nitrogens with zero attached hydrogens (tertiary/aromatic N) is 2. The molecule has 3 rings (SSSR count). The summed E-state index contributed by atoms with van der Waals surface area (Å²) in [6.45, 7) is 2.65. The summed E-state index contributed by atoms with van der Waals surface area (Å²) in [6, 6.07) is 7.09. The number of pyridine rings is 1. The van der Waals surface area contributed by atoms with Gasteiger partial charge in [-0.2, -0.15) is 4.31 Å². The van der Waals surface area contributed by atoms with Crippen LogP contribution in [0.25, 0.3) is 10.8 Å². The molecule has 150 valence electrons. The predicted octanol–water partition coefficient (Wildman–Crippen LogP) is 0.931. The first-order valence-electron chi connectivity index (χ1n) is 8.50. The third-order valence-corrected chi connectivity index (χ3v) is 5.88. The Morgan fingerprint density at radius 1 is 1.07 bits per heavy atom. The Morgan fingerprint density at radius 2 is 1.79 bits per heavy atom. The van der Waals surface area contributed by atoms with Gasteiger partial charge in [0, 0.05) is 55.0 Å². The molecular weight excluding hydrogens is 386 g/mol. The van der Waals surface area contributed by atoms with Gasteiger partial charge in [0.2, 0.25) is 10.0 Å². The number of hydrogen-bond donors (Lipinski definition) is 3. The minimum absolute atomic E-state index is 0.374. The summed E-state index contributed by atoms with van der Waals surface area (Å²) in [6.07, 6.45) is 5.28. The van der Waals surface area contributed by atoms with Gasteiger partial charge < -0.3 is 15.5 Å². The summed E-state index contributed by atoms with van der Waals surface area (Å²) >= 11 is 0. The van der Waals surface area contributed by atoms with E-state index in [-0.39, 0.29) is 0 Å². The predicted molar refractivity (Wildman–Crippen MR) is 102 cm³/mol. The van der Waals surface area contributed by atoms with Gasteiger partial charge >= 0.3 is 11.9 Å². The van der Waals surface area contributed by atoms with Crippen molar-refractivity contribution in [3.05, 3.63) is 48.8 Å². The highest BCUT2D eigenvalue weighted by Crippen LogP contribution is 2.25. The maximum absolute atomic E-state index is 12.8. The van der Waals surface area contributed by atoms with Crippen molar-refractivity contribution in [3.63, 3.8) is 0 Å². The molecule has 1 saturated heterocycles. The van der Waals surface area contributed by atoms with E-state index in [9.17, 15) is 18.0 Å². The van der Waals surface area contributed by atoms with E-state index in [0.717, 1.165) is 23.7 Å². The number of rotatable bonds is 4. The van der Waals surface area contributed by atoms with Gasteiger partial charge in [-0.3, -0.25) is 4.98 Å². The van der Waals surface area contributed by atoms with Crippen molar-refractivity contribution in [1.29, 1.82) is 0 Å². The van der Waals surface area contributed by atoms with Crippen LogP contribution in [-0.2, 0) is 19.6 Å². The topological polar surface area (TPSA) is 137 Å². The van der Waals surface area contributed by atoms with E-state index in [2.05, 4.69) is 10.3 Å². The lowest BCUT2D eigenvalue weighted by Crippen LogP contribution is -2.34. The van der Waals surface area contributed by atoms with Crippen LogP contribution in [0.3, 0.4) is 0 Å². The Hall–Kier alpha value is -2.82. The van der Waals surface area contributed by atoms with Crippen LogP contribution in [0.1, 0.15) is 6.42 Å². The van der Waals surface area contributed by atoms with Crippen LogP contribution in [0.15, 0.2) is 53.7 Å². The standard InChI is InChI=1S/C14H17N3O2S.C4H4O4/c18-20(19,17-9-2-6-15-8-10-17)14-4-1-3-12-11-16-7-5-13(12)14;5-3(6)1-2-4(7)8/h1,3-5,7,11,15H,2,6,8-10H2;1-2H,(H,5,6)(H,7,8)/b;2-1-. The Morgan fingerprint density at radius 3 is 2.46 bits per heavy atom. The second-order valence-electron chi connectivity index (χ2n) is 5.87. The third-order valence-electron chi connectivity index (χ3n) is 3.93. The number of nitrogens with one attached hydrogen (secondary N) is 1. The fourth-order valence-electron chi connectivity index (χ4n) is 2.66. The molecule has 0 aliphatic carbocycles. The molecule has 1 aromatic carbocycles. The van der Waals surface area contributed by atoms with Crippen molar-refractivity contribution in [1.82, 2.24) is 14.6 Å². The van der Waals surface area contributed by atoms with Crippen LogP contribution in [0.4, 0.5) is 0 Å². The summed E-state index contributed by atoms with van der Waals surface area (Å²) in [5, 5.41) is 20.4. The number of sulfonamides is 1. The molecule has 1 aromatic heterocycles. The lowest BCUT2D eigenvalue weighted by Gasteiger charge is -2.20. The normalized spacial score (nSPS) is 15.6. The average molecular weight is 407 g/mol. The molecule has 1 aliphatic heterocycles. The number of aromatic nitrogens is 1. The fraction of sp³-hybridized carbons (Fsp3) is 0.278. The highest BCUT2D eigenvalue weighted by atomic mass is 32.2. The Bertz CT molecular complexity index is 945. The summed E-state index contributed by atoms with van der Waals surface area (Å²) in [5.41, 5.74) is 0. The molecule has 1 aliphatic rings. The molecule has 1 fully saturated rings. The van der Waals surface area contributed by atoms with Crippen LogP contribution >= 0.6 is 0 Å². The van der Waals surface area contributed by atoms with E-state index in [4.69, 9.17) is 10.2 Å². The Balaban J connectivity index is 0.000000300. The highest BCUT2D eigenvalue weighted by Gasteiger charge is 2.26. The zero-order valence-electron chi connectivity index (χ0n) is 15.0. The summed E-state index contributed by atoms with van der Waals surface area (Å²) < 4.78 is 27.2. The Labute approximate surface area is 162 Å². The van der Waals surface area contributed by atoms with Crippen LogP contribution in [0.5, 0.6) is 0 Å². The van der Waals surface area contributed by atoms with E-state index < -0.39 is 22.0 Å². The molecule has 0 atom stereocenters. The zero-order chi connectivity index (χ0) is 20.6. The van der Waals surface area contributed by atoms with Gasteiger partial charge in [0.1, 0.15) is 0 Å². The van der Waals surface area contributed by atoms with Crippen molar-refractivity contribution >= 4 is 32.7 Å². The van der Waals surface area contributed by atoms with Gasteiger partial charge in [-0.1, -0.05) is 12.1 Å². The van der Waals surface area contributed by atoms with E-state index in [1.54, 1.807) is 34.9 Å². The fourth-order valence-corrected chi connectivity index (χ4v) is 4.35. The lowest BCUT2D eigenvalue weighted by molar-refractivity contribution is -0.134. The molecule has 0 saturated carbocycles. The van der Waals surface area contributed by atoms with Gasteiger partial charge in [-0.25, -0.2) is 18.0 Å². The average Bonchev–Trinajstić information content (AvgIpc) is 2.96. The van der Waals surface area contributed by atoms with Crippen LogP contribution in [0, 0.1) is 0 Å². The summed E-state index contributed by atoms with van der Waals surface area (Å²) in [4.78, 5) is 23.5. The molecule has 2 heterocycles. The highest BCUT2D eigenvalue weighted by molar-refractivity contribution is 7.89. The second kappa shape index (κ2) is 9.93. The number of aliphatic carboxylic acids is 2. The van der Waals surface area contributed by atoms with E-state index in [0.29, 0.717) is 36.7 Å². The second-order valence-corrected chi connectivity index (χ2v) is 7.78. The van der Waals surface area contributed by atoms with Crippen molar-refractivity contribution < 1.29 is 28.2 Å². The lowest BCUT2D eigenvalue weighted by atomic mass is 10.2. The van der Waals surface area contributed by atoms with Crippen molar-refractivity contribution in [2.45, 2.75) is 11.3 Å². The Kier molecular flexibility index (Phi) is 7.61. The minimum Gasteiger partial charge on any atom is -0.478 e. The molecule has 0 bridgehead atoms. The first-order valence-corrected chi connectivity index (χ1v) is 9.94. The molecule has 0 spiro atoms. The smallest absolute Gasteiger partial charge is 0.328 e. The quantitative estimate of drug-likeness (QED) is 0.637. The monoisotopic (exact) mass is 407 g/mol. The van der Waals surface area contributed by atoms with Crippen LogP contribution in [-0.4, -0.2) is 66.0 Å². The SMILES string of the molecule is O=C(O)/C=C\C(=O)O.O=S(=O)(c1cccc2cnccc12)N1CCCNCC1. The van der Waals surface area contributed by atoms with E-state index >= 15 is 0 Å². The molecule has 10 heteroatoms. The molecule has 0 amide bonds. The van der Waals surface area contributed by atoms with Gasteiger partial charge in [0.05, 0.1) is 4.90 Å². The maximum Gasteiger partial charge on any atom is 0.328 e. The minimum atomic E-state index is -3.45. The first kappa shape index (κ1) is 21.5. The van der Waals surface area contributed by atoms with E-state index in [1.165, 1.54) is 0 Å². The molecule has 2 aromatic rings.